The first kappa shape index (κ1) is 18.9. The first-order valence-electron chi connectivity index (χ1n) is 7.90. The van der Waals surface area contributed by atoms with Crippen molar-refractivity contribution >= 4 is 11.8 Å². The molecule has 0 aromatic heterocycles. The normalized spacial score (nSPS) is 10.6. The second kappa shape index (κ2) is 12.9. The number of amides is 2. The fraction of sp³-hybridized carbons (Fsp3) is 0.867. The average Bonchev–Trinajstić information content (AvgIpc) is 2.44. The highest BCUT2D eigenvalue weighted by atomic mass is 16.2. The quantitative estimate of drug-likeness (QED) is 0.476. The molecular formula is C15H31N3O2. The summed E-state index contributed by atoms with van der Waals surface area (Å²) in [5.74, 6) is -0.0628. The number of carbonyl (C=O) groups is 2. The lowest BCUT2D eigenvalue weighted by atomic mass is 9.97. The molecule has 0 spiro atoms. The predicted molar refractivity (Wildman–Crippen MR) is 82.2 cm³/mol. The zero-order valence-electron chi connectivity index (χ0n) is 13.0. The molecule has 5 heteroatoms. The van der Waals surface area contributed by atoms with Crippen LogP contribution in [0.5, 0.6) is 0 Å². The molecule has 0 rings (SSSR count). The van der Waals surface area contributed by atoms with Gasteiger partial charge in [0.05, 0.1) is 6.54 Å². The fourth-order valence-electron chi connectivity index (χ4n) is 2.15. The molecule has 20 heavy (non-hydrogen) atoms. The Kier molecular flexibility index (Phi) is 12.2. The number of hydrogen-bond acceptors (Lipinski definition) is 3. The third-order valence-corrected chi connectivity index (χ3v) is 3.27. The summed E-state index contributed by atoms with van der Waals surface area (Å²) in [4.78, 5) is 23.5. The minimum absolute atomic E-state index is 0.00646. The topological polar surface area (TPSA) is 84.2 Å². The van der Waals surface area contributed by atoms with Gasteiger partial charge in [-0.05, 0) is 32.2 Å². The maximum absolute atomic E-state index is 11.9. The van der Waals surface area contributed by atoms with Crippen molar-refractivity contribution in [3.8, 4) is 0 Å². The molecule has 0 unspecified atom stereocenters. The van der Waals surface area contributed by atoms with Gasteiger partial charge in [-0.25, -0.2) is 0 Å². The molecule has 0 bridgehead atoms. The summed E-state index contributed by atoms with van der Waals surface area (Å²) in [6.07, 6.45) is 6.71. The Balaban J connectivity index is 3.77. The van der Waals surface area contributed by atoms with Crippen LogP contribution in [0.1, 0.15) is 58.8 Å². The number of unbranched alkanes of at least 4 members (excludes halogenated alkanes) is 2. The van der Waals surface area contributed by atoms with Crippen molar-refractivity contribution in [1.29, 1.82) is 0 Å². The highest BCUT2D eigenvalue weighted by molar-refractivity contribution is 5.85. The van der Waals surface area contributed by atoms with Crippen molar-refractivity contribution < 1.29 is 9.59 Å². The van der Waals surface area contributed by atoms with Crippen LogP contribution in [-0.4, -0.2) is 31.4 Å². The summed E-state index contributed by atoms with van der Waals surface area (Å²) in [6, 6.07) is 0. The monoisotopic (exact) mass is 285 g/mol. The number of rotatable bonds is 12. The van der Waals surface area contributed by atoms with E-state index in [2.05, 4.69) is 24.5 Å². The fourth-order valence-corrected chi connectivity index (χ4v) is 2.15. The van der Waals surface area contributed by atoms with Gasteiger partial charge >= 0.3 is 0 Å². The number of hydrogen-bond donors (Lipinski definition) is 3. The van der Waals surface area contributed by atoms with Gasteiger partial charge in [0, 0.05) is 12.5 Å². The van der Waals surface area contributed by atoms with Crippen LogP contribution in [0.3, 0.4) is 0 Å². The summed E-state index contributed by atoms with van der Waals surface area (Å²) in [7, 11) is 0. The summed E-state index contributed by atoms with van der Waals surface area (Å²) in [5.41, 5.74) is 5.39. The molecule has 0 aliphatic heterocycles. The van der Waals surface area contributed by atoms with Gasteiger partial charge in [-0.3, -0.25) is 9.59 Å². The number of nitrogens with one attached hydrogen (secondary N) is 2. The van der Waals surface area contributed by atoms with Crippen molar-refractivity contribution in [2.75, 3.05) is 19.6 Å². The lowest BCUT2D eigenvalue weighted by Gasteiger charge is -2.15. The molecule has 0 saturated heterocycles. The van der Waals surface area contributed by atoms with Gasteiger partial charge < -0.3 is 16.4 Å². The third-order valence-electron chi connectivity index (χ3n) is 3.27. The predicted octanol–water partition coefficient (Wildman–Crippen LogP) is 1.56. The molecule has 0 radical (unpaired) electrons. The minimum Gasteiger partial charge on any atom is -0.355 e. The van der Waals surface area contributed by atoms with E-state index in [4.69, 9.17) is 5.73 Å². The SMILES string of the molecule is CCCC(CCC)C(=O)NCC(=O)NCCCCCN. The Bertz CT molecular complexity index is 264. The number of carbonyl (C=O) groups excluding carboxylic acids is 2. The largest absolute Gasteiger partial charge is 0.355 e. The minimum atomic E-state index is -0.113. The van der Waals surface area contributed by atoms with E-state index in [1.807, 2.05) is 0 Å². The molecule has 2 amide bonds. The zero-order valence-corrected chi connectivity index (χ0v) is 13.0. The van der Waals surface area contributed by atoms with Crippen molar-refractivity contribution in [2.24, 2.45) is 11.7 Å². The van der Waals surface area contributed by atoms with Crippen molar-refractivity contribution in [1.82, 2.24) is 10.6 Å². The molecule has 0 fully saturated rings. The molecule has 0 aliphatic carbocycles. The molecule has 0 heterocycles. The van der Waals surface area contributed by atoms with Gasteiger partial charge in [0.25, 0.3) is 0 Å². The Morgan fingerprint density at radius 3 is 2.20 bits per heavy atom. The van der Waals surface area contributed by atoms with Crippen LogP contribution in [-0.2, 0) is 9.59 Å². The lowest BCUT2D eigenvalue weighted by molar-refractivity contribution is -0.128. The lowest BCUT2D eigenvalue weighted by Crippen LogP contribution is -2.39. The molecular weight excluding hydrogens is 254 g/mol. The maximum atomic E-state index is 11.9. The van der Waals surface area contributed by atoms with Gasteiger partial charge in [-0.2, -0.15) is 0 Å². The van der Waals surface area contributed by atoms with Gasteiger partial charge in [0.15, 0.2) is 0 Å². The second-order valence-electron chi connectivity index (χ2n) is 5.19. The average molecular weight is 285 g/mol. The summed E-state index contributed by atoms with van der Waals surface area (Å²) >= 11 is 0. The smallest absolute Gasteiger partial charge is 0.239 e. The molecule has 0 aromatic carbocycles. The molecule has 0 saturated carbocycles. The second-order valence-corrected chi connectivity index (χ2v) is 5.19. The molecule has 0 aliphatic rings. The Hall–Kier alpha value is -1.10. The van der Waals surface area contributed by atoms with Gasteiger partial charge in [0.2, 0.25) is 11.8 Å². The Labute approximate surface area is 123 Å². The van der Waals surface area contributed by atoms with Gasteiger partial charge in [-0.1, -0.05) is 33.1 Å². The number of nitrogens with two attached hydrogens (primary N) is 1. The van der Waals surface area contributed by atoms with Crippen LogP contribution in [0.15, 0.2) is 0 Å². The van der Waals surface area contributed by atoms with Crippen LogP contribution in [0, 0.1) is 5.92 Å². The van der Waals surface area contributed by atoms with E-state index in [1.165, 1.54) is 0 Å². The standard InChI is InChI=1S/C15H31N3O2/c1-3-8-13(9-4-2)15(20)18-12-14(19)17-11-7-5-6-10-16/h13H,3-12,16H2,1-2H3,(H,17,19)(H,18,20). The summed E-state index contributed by atoms with van der Waals surface area (Å²) < 4.78 is 0. The van der Waals surface area contributed by atoms with E-state index in [0.29, 0.717) is 13.1 Å². The molecule has 5 nitrogen and oxygen atoms in total. The Morgan fingerprint density at radius 2 is 1.65 bits per heavy atom. The van der Waals surface area contributed by atoms with E-state index in [1.54, 1.807) is 0 Å². The van der Waals surface area contributed by atoms with Gasteiger partial charge in [0.1, 0.15) is 0 Å². The van der Waals surface area contributed by atoms with Gasteiger partial charge in [-0.15, -0.1) is 0 Å². The third kappa shape index (κ3) is 9.78. The first-order valence-corrected chi connectivity index (χ1v) is 7.90. The zero-order chi connectivity index (χ0) is 15.2. The van der Waals surface area contributed by atoms with Crippen molar-refractivity contribution in [2.45, 2.75) is 58.8 Å². The summed E-state index contributed by atoms with van der Waals surface area (Å²) in [5, 5.41) is 5.54. The van der Waals surface area contributed by atoms with Crippen molar-refractivity contribution in [3.05, 3.63) is 0 Å². The molecule has 118 valence electrons. The summed E-state index contributed by atoms with van der Waals surface area (Å²) in [6.45, 7) is 5.58. The molecule has 0 aromatic rings. The van der Waals surface area contributed by atoms with Crippen LogP contribution >= 0.6 is 0 Å². The van der Waals surface area contributed by atoms with E-state index in [-0.39, 0.29) is 24.3 Å². The van der Waals surface area contributed by atoms with Crippen LogP contribution in [0.4, 0.5) is 0 Å². The van der Waals surface area contributed by atoms with Crippen LogP contribution < -0.4 is 16.4 Å². The van der Waals surface area contributed by atoms with Crippen molar-refractivity contribution in [3.63, 3.8) is 0 Å². The first-order chi connectivity index (χ1) is 9.65. The van der Waals surface area contributed by atoms with E-state index < -0.39 is 0 Å². The highest BCUT2D eigenvalue weighted by Gasteiger charge is 2.16. The maximum Gasteiger partial charge on any atom is 0.239 e. The van der Waals surface area contributed by atoms with E-state index in [9.17, 15) is 9.59 Å². The molecule has 0 atom stereocenters. The van der Waals surface area contributed by atoms with E-state index >= 15 is 0 Å². The van der Waals surface area contributed by atoms with Crippen LogP contribution in [0.25, 0.3) is 0 Å². The van der Waals surface area contributed by atoms with Crippen LogP contribution in [0.2, 0.25) is 0 Å². The van der Waals surface area contributed by atoms with E-state index in [0.717, 1.165) is 44.9 Å². The highest BCUT2D eigenvalue weighted by Crippen LogP contribution is 2.13. The Morgan fingerprint density at radius 1 is 1.00 bits per heavy atom. The molecule has 4 N–H and O–H groups in total.